The van der Waals surface area contributed by atoms with Gasteiger partial charge in [0.25, 0.3) is 5.91 Å². The monoisotopic (exact) mass is 445 g/mol. The number of nitrogens with zero attached hydrogens (tertiary/aromatic N) is 1. The van der Waals surface area contributed by atoms with Crippen molar-refractivity contribution in [2.24, 2.45) is 0 Å². The van der Waals surface area contributed by atoms with Gasteiger partial charge in [0.15, 0.2) is 0 Å². The first-order valence-corrected chi connectivity index (χ1v) is 11.4. The van der Waals surface area contributed by atoms with Crippen LogP contribution in [0.4, 0.5) is 0 Å². The highest BCUT2D eigenvalue weighted by Crippen LogP contribution is 2.34. The fourth-order valence-electron chi connectivity index (χ4n) is 3.41. The Kier molecular flexibility index (Phi) is 6.85. The van der Waals surface area contributed by atoms with E-state index in [2.05, 4.69) is 31.2 Å². The first kappa shape index (κ1) is 21.3. The van der Waals surface area contributed by atoms with E-state index in [1.165, 1.54) is 22.9 Å². The van der Waals surface area contributed by atoms with Gasteiger partial charge in [-0.2, -0.15) is 0 Å². The molecular weight excluding hydrogens is 422 g/mol. The Labute approximate surface area is 192 Å². The van der Waals surface area contributed by atoms with Crippen molar-refractivity contribution in [2.45, 2.75) is 20.0 Å². The summed E-state index contributed by atoms with van der Waals surface area (Å²) < 4.78 is 6.67. The highest BCUT2D eigenvalue weighted by molar-refractivity contribution is 8.26. The molecule has 1 heterocycles. The number of amides is 1. The number of benzene rings is 3. The molecule has 4 rings (SSSR count). The first-order valence-electron chi connectivity index (χ1n) is 10.2. The van der Waals surface area contributed by atoms with Crippen LogP contribution in [0.3, 0.4) is 0 Å². The zero-order chi connectivity index (χ0) is 21.6. The van der Waals surface area contributed by atoms with Crippen LogP contribution in [0.1, 0.15) is 22.3 Å². The fourth-order valence-corrected chi connectivity index (χ4v) is 4.71. The number of aryl methyl sites for hydroxylation is 1. The van der Waals surface area contributed by atoms with Gasteiger partial charge in [-0.05, 0) is 36.6 Å². The summed E-state index contributed by atoms with van der Waals surface area (Å²) in [6.45, 7) is 3.12. The van der Waals surface area contributed by atoms with Crippen LogP contribution in [0.15, 0.2) is 83.8 Å². The van der Waals surface area contributed by atoms with E-state index in [-0.39, 0.29) is 5.91 Å². The predicted molar refractivity (Wildman–Crippen MR) is 132 cm³/mol. The molecule has 1 aliphatic rings. The molecule has 0 saturated carbocycles. The predicted octanol–water partition coefficient (Wildman–Crippen LogP) is 6.02. The normalized spacial score (nSPS) is 15.0. The lowest BCUT2D eigenvalue weighted by Gasteiger charge is -2.14. The molecule has 1 saturated heterocycles. The minimum absolute atomic E-state index is 0.0422. The summed E-state index contributed by atoms with van der Waals surface area (Å²) in [5, 5.41) is 0. The third kappa shape index (κ3) is 5.43. The smallest absolute Gasteiger partial charge is 0.266 e. The molecule has 3 nitrogen and oxygen atoms in total. The number of hydrogen-bond acceptors (Lipinski definition) is 4. The molecule has 31 heavy (non-hydrogen) atoms. The van der Waals surface area contributed by atoms with Crippen molar-refractivity contribution >= 4 is 40.3 Å². The second kappa shape index (κ2) is 9.94. The quantitative estimate of drug-likeness (QED) is 0.329. The number of carbonyl (C=O) groups excluding carboxylic acids is 1. The largest absolute Gasteiger partial charge is 0.488 e. The summed E-state index contributed by atoms with van der Waals surface area (Å²) >= 11 is 6.83. The van der Waals surface area contributed by atoms with Crippen LogP contribution in [-0.2, 0) is 17.8 Å². The highest BCUT2D eigenvalue weighted by Gasteiger charge is 2.31. The number of thioether (sulfide) groups is 1. The Morgan fingerprint density at radius 1 is 0.968 bits per heavy atom. The zero-order valence-electron chi connectivity index (χ0n) is 17.3. The maximum absolute atomic E-state index is 13.0. The second-order valence-corrected chi connectivity index (χ2v) is 9.06. The molecular formula is C26H23NO2S2. The molecule has 0 unspecified atom stereocenters. The van der Waals surface area contributed by atoms with Crippen LogP contribution in [-0.4, -0.2) is 21.7 Å². The minimum atomic E-state index is -0.0422. The molecule has 0 bridgehead atoms. The molecule has 3 aromatic rings. The third-order valence-electron chi connectivity index (χ3n) is 5.02. The Morgan fingerprint density at radius 3 is 2.52 bits per heavy atom. The average molecular weight is 446 g/mol. The minimum Gasteiger partial charge on any atom is -0.488 e. The second-order valence-electron chi connectivity index (χ2n) is 7.38. The molecule has 1 fully saturated rings. The lowest BCUT2D eigenvalue weighted by Crippen LogP contribution is -2.30. The lowest BCUT2D eigenvalue weighted by atomic mass is 10.1. The van der Waals surface area contributed by atoms with Crippen molar-refractivity contribution in [3.05, 3.63) is 106 Å². The van der Waals surface area contributed by atoms with Gasteiger partial charge in [0.1, 0.15) is 16.7 Å². The fraction of sp³-hybridized carbons (Fsp3) is 0.154. The van der Waals surface area contributed by atoms with Crippen LogP contribution in [0.5, 0.6) is 5.75 Å². The van der Waals surface area contributed by atoms with Crippen LogP contribution >= 0.6 is 24.0 Å². The van der Waals surface area contributed by atoms with Crippen molar-refractivity contribution in [1.82, 2.24) is 4.90 Å². The van der Waals surface area contributed by atoms with Gasteiger partial charge in [-0.3, -0.25) is 9.69 Å². The molecule has 0 N–H and O–H groups in total. The van der Waals surface area contributed by atoms with Gasteiger partial charge in [0, 0.05) is 12.1 Å². The van der Waals surface area contributed by atoms with E-state index in [1.54, 1.807) is 4.90 Å². The first-order chi connectivity index (χ1) is 15.1. The van der Waals surface area contributed by atoms with E-state index in [0.717, 1.165) is 23.3 Å². The summed E-state index contributed by atoms with van der Waals surface area (Å²) in [5.74, 6) is 0.706. The average Bonchev–Trinajstić information content (AvgIpc) is 3.05. The summed E-state index contributed by atoms with van der Waals surface area (Å²) in [6.07, 6.45) is 2.66. The van der Waals surface area contributed by atoms with Crippen LogP contribution in [0.25, 0.3) is 6.08 Å². The molecule has 5 heteroatoms. The van der Waals surface area contributed by atoms with Gasteiger partial charge in [-0.25, -0.2) is 0 Å². The van der Waals surface area contributed by atoms with Crippen LogP contribution in [0, 0.1) is 6.92 Å². The molecule has 1 amide bonds. The van der Waals surface area contributed by atoms with Gasteiger partial charge in [-0.15, -0.1) is 0 Å². The number of rotatable bonds is 7. The Bertz CT molecular complexity index is 1130. The van der Waals surface area contributed by atoms with Crippen molar-refractivity contribution in [3.8, 4) is 5.75 Å². The maximum Gasteiger partial charge on any atom is 0.266 e. The van der Waals surface area contributed by atoms with Crippen LogP contribution in [0.2, 0.25) is 0 Å². The summed E-state index contributed by atoms with van der Waals surface area (Å²) in [7, 11) is 0. The molecule has 0 atom stereocenters. The van der Waals surface area contributed by atoms with Gasteiger partial charge in [0.05, 0.1) is 4.91 Å². The number of thiocarbonyl (C=S) groups is 1. The SMILES string of the molecule is Cc1cccc(COc2ccccc2C=C2SC(=S)N(CCc3ccccc3)C2=O)c1. The number of carbonyl (C=O) groups is 1. The lowest BCUT2D eigenvalue weighted by molar-refractivity contribution is -0.122. The number of ether oxygens (including phenoxy) is 1. The highest BCUT2D eigenvalue weighted by atomic mass is 32.2. The standard InChI is InChI=1S/C26H23NO2S2/c1-19-8-7-11-21(16-19)18-29-23-13-6-5-12-22(23)17-24-25(28)27(26(30)31-24)15-14-20-9-3-2-4-10-20/h2-13,16-17H,14-15,18H2,1H3. The van der Waals surface area contributed by atoms with Crippen molar-refractivity contribution < 1.29 is 9.53 Å². The topological polar surface area (TPSA) is 29.5 Å². The molecule has 156 valence electrons. The van der Waals surface area contributed by atoms with Crippen LogP contribution < -0.4 is 4.74 Å². The Balaban J connectivity index is 1.47. The molecule has 0 spiro atoms. The van der Waals surface area contributed by atoms with E-state index < -0.39 is 0 Å². The van der Waals surface area contributed by atoms with Gasteiger partial charge in [-0.1, -0.05) is 102 Å². The van der Waals surface area contributed by atoms with Crippen molar-refractivity contribution in [1.29, 1.82) is 0 Å². The molecule has 0 aliphatic carbocycles. The van der Waals surface area contributed by atoms with Crippen molar-refractivity contribution in [3.63, 3.8) is 0 Å². The van der Waals surface area contributed by atoms with E-state index in [4.69, 9.17) is 17.0 Å². The Morgan fingerprint density at radius 2 is 1.71 bits per heavy atom. The maximum atomic E-state index is 13.0. The van der Waals surface area contributed by atoms with Gasteiger partial charge < -0.3 is 4.74 Å². The molecule has 3 aromatic carbocycles. The summed E-state index contributed by atoms with van der Waals surface area (Å²) in [6, 6.07) is 26.2. The van der Waals surface area contributed by atoms with E-state index in [0.29, 0.717) is 22.4 Å². The summed E-state index contributed by atoms with van der Waals surface area (Å²) in [5.41, 5.74) is 4.38. The molecule has 1 aliphatic heterocycles. The number of hydrogen-bond donors (Lipinski definition) is 0. The van der Waals surface area contributed by atoms with E-state index >= 15 is 0 Å². The summed E-state index contributed by atoms with van der Waals surface area (Å²) in [4.78, 5) is 15.3. The zero-order valence-corrected chi connectivity index (χ0v) is 18.9. The van der Waals surface area contributed by atoms with Crippen molar-refractivity contribution in [2.75, 3.05) is 6.54 Å². The van der Waals surface area contributed by atoms with Gasteiger partial charge in [0.2, 0.25) is 0 Å². The van der Waals surface area contributed by atoms with E-state index in [1.807, 2.05) is 60.7 Å². The Hall–Kier alpha value is -2.89. The third-order valence-corrected chi connectivity index (χ3v) is 6.40. The molecule has 0 aromatic heterocycles. The van der Waals surface area contributed by atoms with E-state index in [9.17, 15) is 4.79 Å². The molecule has 0 radical (unpaired) electrons. The number of para-hydroxylation sites is 1. The van der Waals surface area contributed by atoms with Gasteiger partial charge >= 0.3 is 0 Å².